The first-order chi connectivity index (χ1) is 13.2. The van der Waals surface area contributed by atoms with Crippen molar-refractivity contribution < 1.29 is 4.79 Å². The van der Waals surface area contributed by atoms with Crippen molar-refractivity contribution >= 4 is 40.1 Å². The second-order valence-corrected chi connectivity index (χ2v) is 11.5. The Morgan fingerprint density at radius 2 is 1.11 bits per heavy atom. The van der Waals surface area contributed by atoms with Gasteiger partial charge in [0.25, 0.3) is 0 Å². The third kappa shape index (κ3) is 4.89. The highest BCUT2D eigenvalue weighted by Gasteiger charge is 2.44. The van der Waals surface area contributed by atoms with Gasteiger partial charge < -0.3 is 0 Å². The fourth-order valence-electron chi connectivity index (χ4n) is 3.55. The Bertz CT molecular complexity index is 737. The number of unbranched alkanes of at least 4 members (excludes halogenated alkanes) is 1. The molecule has 0 saturated carbocycles. The molecule has 3 aromatic carbocycles. The Kier molecular flexibility index (Phi) is 7.26. The van der Waals surface area contributed by atoms with Gasteiger partial charge in [0.2, 0.25) is 0 Å². The molecular formula is C24H26OPS+. The van der Waals surface area contributed by atoms with E-state index in [9.17, 15) is 4.79 Å². The highest BCUT2D eigenvalue weighted by Crippen LogP contribution is 2.55. The van der Waals surface area contributed by atoms with Crippen molar-refractivity contribution in [1.82, 2.24) is 0 Å². The van der Waals surface area contributed by atoms with E-state index in [0.29, 0.717) is 0 Å². The van der Waals surface area contributed by atoms with Gasteiger partial charge >= 0.3 is 0 Å². The summed E-state index contributed by atoms with van der Waals surface area (Å²) in [7, 11) is -1.71. The summed E-state index contributed by atoms with van der Waals surface area (Å²) in [6, 6.07) is 32.9. The molecule has 1 nitrogen and oxygen atoms in total. The van der Waals surface area contributed by atoms with Crippen molar-refractivity contribution in [3.05, 3.63) is 91.0 Å². The Hall–Kier alpha value is -1.89. The molecule has 27 heavy (non-hydrogen) atoms. The Balaban J connectivity index is 2.02. The van der Waals surface area contributed by atoms with Crippen molar-refractivity contribution in [2.75, 3.05) is 11.9 Å². The van der Waals surface area contributed by atoms with Gasteiger partial charge in [-0.25, -0.2) is 0 Å². The van der Waals surface area contributed by atoms with Crippen LogP contribution in [0.25, 0.3) is 0 Å². The first kappa shape index (κ1) is 19.9. The maximum absolute atomic E-state index is 11.2. The monoisotopic (exact) mass is 393 g/mol. The molecule has 0 atom stereocenters. The van der Waals surface area contributed by atoms with Crippen molar-refractivity contribution in [1.29, 1.82) is 0 Å². The molecule has 3 rings (SSSR count). The molecule has 0 aliphatic heterocycles. The van der Waals surface area contributed by atoms with Gasteiger partial charge in [0.05, 0.1) is 6.16 Å². The van der Waals surface area contributed by atoms with Gasteiger partial charge in [-0.2, -0.15) is 0 Å². The third-order valence-corrected chi connectivity index (χ3v) is 10.2. The van der Waals surface area contributed by atoms with Crippen LogP contribution in [-0.4, -0.2) is 17.0 Å². The number of hydrogen-bond donors (Lipinski definition) is 0. The summed E-state index contributed by atoms with van der Waals surface area (Å²) in [5, 5.41) is 4.51. The zero-order valence-electron chi connectivity index (χ0n) is 15.8. The van der Waals surface area contributed by atoms with Gasteiger partial charge in [-0.1, -0.05) is 66.4 Å². The Morgan fingerprint density at radius 3 is 1.48 bits per heavy atom. The van der Waals surface area contributed by atoms with Gasteiger partial charge in [-0.3, -0.25) is 4.79 Å². The second-order valence-electron chi connectivity index (χ2n) is 6.59. The van der Waals surface area contributed by atoms with E-state index in [2.05, 4.69) is 91.0 Å². The molecule has 0 heterocycles. The lowest BCUT2D eigenvalue weighted by Crippen LogP contribution is -2.33. The normalized spacial score (nSPS) is 11.3. The van der Waals surface area contributed by atoms with E-state index in [4.69, 9.17) is 0 Å². The summed E-state index contributed by atoms with van der Waals surface area (Å²) in [4.78, 5) is 11.2. The number of carbonyl (C=O) groups excluding carboxylic acids is 1. The minimum Gasteiger partial charge on any atom is -0.288 e. The van der Waals surface area contributed by atoms with Gasteiger partial charge in [-0.15, -0.1) is 0 Å². The van der Waals surface area contributed by atoms with Crippen LogP contribution in [0, 0.1) is 0 Å². The number of carbonyl (C=O) groups is 1. The van der Waals surface area contributed by atoms with Crippen LogP contribution in [0.3, 0.4) is 0 Å². The first-order valence-electron chi connectivity index (χ1n) is 9.42. The molecule has 3 aromatic rings. The van der Waals surface area contributed by atoms with Crippen LogP contribution in [0.4, 0.5) is 0 Å². The highest BCUT2D eigenvalue weighted by molar-refractivity contribution is 8.13. The van der Waals surface area contributed by atoms with Crippen LogP contribution in [0.5, 0.6) is 0 Å². The van der Waals surface area contributed by atoms with E-state index < -0.39 is 7.26 Å². The predicted molar refractivity (Wildman–Crippen MR) is 122 cm³/mol. The molecule has 0 amide bonds. The van der Waals surface area contributed by atoms with Crippen molar-refractivity contribution in [2.45, 2.75) is 19.8 Å². The summed E-state index contributed by atoms with van der Waals surface area (Å²) in [6.07, 6.45) is 3.31. The van der Waals surface area contributed by atoms with Gasteiger partial charge in [0.1, 0.15) is 23.2 Å². The van der Waals surface area contributed by atoms with Crippen molar-refractivity contribution in [3.8, 4) is 0 Å². The summed E-state index contributed by atoms with van der Waals surface area (Å²) < 4.78 is 0. The van der Waals surface area contributed by atoms with E-state index in [0.717, 1.165) is 24.8 Å². The maximum Gasteiger partial charge on any atom is 0.185 e. The predicted octanol–water partition coefficient (Wildman–Crippen LogP) is 5.04. The summed E-state index contributed by atoms with van der Waals surface area (Å²) >= 11 is 1.44. The number of hydrogen-bond acceptors (Lipinski definition) is 2. The van der Waals surface area contributed by atoms with E-state index in [1.165, 1.54) is 27.7 Å². The highest BCUT2D eigenvalue weighted by atomic mass is 32.2. The van der Waals surface area contributed by atoms with Crippen LogP contribution < -0.4 is 15.9 Å². The third-order valence-electron chi connectivity index (χ3n) is 4.78. The molecule has 0 N–H and O–H groups in total. The van der Waals surface area contributed by atoms with Crippen molar-refractivity contribution in [3.63, 3.8) is 0 Å². The molecule has 0 aromatic heterocycles. The molecular weight excluding hydrogens is 367 g/mol. The number of benzene rings is 3. The van der Waals surface area contributed by atoms with E-state index in [1.807, 2.05) is 0 Å². The largest absolute Gasteiger partial charge is 0.288 e. The van der Waals surface area contributed by atoms with Crippen LogP contribution in [-0.2, 0) is 4.79 Å². The minimum atomic E-state index is -1.71. The first-order valence-corrected chi connectivity index (χ1v) is 12.4. The summed E-state index contributed by atoms with van der Waals surface area (Å²) in [5.41, 5.74) is 0. The van der Waals surface area contributed by atoms with Crippen LogP contribution in [0.2, 0.25) is 0 Å². The smallest absolute Gasteiger partial charge is 0.185 e. The van der Waals surface area contributed by atoms with Crippen LogP contribution >= 0.6 is 19.0 Å². The molecule has 0 spiro atoms. The van der Waals surface area contributed by atoms with E-state index in [1.54, 1.807) is 6.92 Å². The van der Waals surface area contributed by atoms with Crippen molar-refractivity contribution in [2.24, 2.45) is 0 Å². The van der Waals surface area contributed by atoms with Gasteiger partial charge in [-0.05, 0) is 49.2 Å². The lowest BCUT2D eigenvalue weighted by Gasteiger charge is -2.27. The fourth-order valence-corrected chi connectivity index (χ4v) is 8.60. The number of thioether (sulfide) groups is 1. The molecule has 0 aliphatic carbocycles. The number of rotatable bonds is 8. The fraction of sp³-hybridized carbons (Fsp3) is 0.208. The molecule has 0 fully saturated rings. The summed E-state index contributed by atoms with van der Waals surface area (Å²) in [5.74, 6) is 0.910. The molecule has 0 bridgehead atoms. The lowest BCUT2D eigenvalue weighted by molar-refractivity contribution is -0.109. The molecule has 0 unspecified atom stereocenters. The Morgan fingerprint density at radius 1 is 0.704 bits per heavy atom. The lowest BCUT2D eigenvalue weighted by atomic mass is 10.3. The van der Waals surface area contributed by atoms with Gasteiger partial charge in [0.15, 0.2) is 5.12 Å². The molecule has 3 heteroatoms. The molecule has 0 aliphatic rings. The SMILES string of the molecule is CC(=O)SCCCC[P+](c1ccccc1)(c1ccccc1)c1ccccc1. The maximum atomic E-state index is 11.2. The minimum absolute atomic E-state index is 0.213. The standard InChI is InChI=1S/C24H26OPS/c1-21(25)27-20-12-11-19-26(22-13-5-2-6-14-22,23-15-7-3-8-16-23)24-17-9-4-10-18-24/h2-10,13-18H,11-12,19-20H2,1H3/q+1. The summed E-state index contributed by atoms with van der Waals surface area (Å²) in [6.45, 7) is 1.65. The van der Waals surface area contributed by atoms with Crippen LogP contribution in [0.15, 0.2) is 91.0 Å². The molecule has 138 valence electrons. The quantitative estimate of drug-likeness (QED) is 0.394. The zero-order chi connectivity index (χ0) is 19.0. The molecule has 0 saturated heterocycles. The molecule has 0 radical (unpaired) electrons. The van der Waals surface area contributed by atoms with Gasteiger partial charge in [0, 0.05) is 12.7 Å². The Labute approximate surface area is 167 Å². The topological polar surface area (TPSA) is 17.1 Å². The van der Waals surface area contributed by atoms with E-state index in [-0.39, 0.29) is 5.12 Å². The average molecular weight is 394 g/mol. The second kappa shape index (κ2) is 9.88. The average Bonchev–Trinajstić information content (AvgIpc) is 2.73. The van der Waals surface area contributed by atoms with Crippen LogP contribution in [0.1, 0.15) is 19.8 Å². The zero-order valence-corrected chi connectivity index (χ0v) is 17.5. The van der Waals surface area contributed by atoms with E-state index >= 15 is 0 Å².